The molecular weight excluding hydrogens is 202 g/mol. The SMILES string of the molecule is CCCC(C)N(C)c1ccc(C(=O)O)cc1. The van der Waals surface area contributed by atoms with E-state index >= 15 is 0 Å². The smallest absolute Gasteiger partial charge is 0.335 e. The Labute approximate surface area is 96.7 Å². The largest absolute Gasteiger partial charge is 0.478 e. The Hall–Kier alpha value is -1.51. The van der Waals surface area contributed by atoms with Gasteiger partial charge in [-0.3, -0.25) is 0 Å². The molecule has 0 saturated carbocycles. The minimum Gasteiger partial charge on any atom is -0.478 e. The van der Waals surface area contributed by atoms with Crippen molar-refractivity contribution in [1.82, 2.24) is 0 Å². The highest BCUT2D eigenvalue weighted by Crippen LogP contribution is 2.18. The van der Waals surface area contributed by atoms with Gasteiger partial charge in [0.1, 0.15) is 0 Å². The van der Waals surface area contributed by atoms with Crippen molar-refractivity contribution >= 4 is 11.7 Å². The Balaban J connectivity index is 2.77. The van der Waals surface area contributed by atoms with Gasteiger partial charge in [-0.1, -0.05) is 13.3 Å². The van der Waals surface area contributed by atoms with Gasteiger partial charge in [0.25, 0.3) is 0 Å². The molecule has 1 rings (SSSR count). The van der Waals surface area contributed by atoms with E-state index in [1.807, 2.05) is 19.2 Å². The molecule has 0 aliphatic heterocycles. The van der Waals surface area contributed by atoms with Crippen LogP contribution in [0, 0.1) is 0 Å². The fourth-order valence-electron chi connectivity index (χ4n) is 1.71. The van der Waals surface area contributed by atoms with E-state index in [2.05, 4.69) is 18.7 Å². The van der Waals surface area contributed by atoms with Crippen LogP contribution in [-0.4, -0.2) is 24.2 Å². The van der Waals surface area contributed by atoms with Gasteiger partial charge in [-0.2, -0.15) is 0 Å². The van der Waals surface area contributed by atoms with Crippen LogP contribution in [0.5, 0.6) is 0 Å². The highest BCUT2D eigenvalue weighted by atomic mass is 16.4. The van der Waals surface area contributed by atoms with E-state index in [1.165, 1.54) is 0 Å². The maximum absolute atomic E-state index is 10.7. The standard InChI is InChI=1S/C13H19NO2/c1-4-5-10(2)14(3)12-8-6-11(7-9-12)13(15)16/h6-10H,4-5H2,1-3H3,(H,15,16). The Bertz CT molecular complexity index is 345. The van der Waals surface area contributed by atoms with Crippen molar-refractivity contribution in [3.8, 4) is 0 Å². The van der Waals surface area contributed by atoms with E-state index < -0.39 is 5.97 Å². The summed E-state index contributed by atoms with van der Waals surface area (Å²) in [5.41, 5.74) is 1.39. The van der Waals surface area contributed by atoms with Crippen molar-refractivity contribution in [2.75, 3.05) is 11.9 Å². The molecule has 0 aromatic heterocycles. The van der Waals surface area contributed by atoms with Crippen molar-refractivity contribution in [2.45, 2.75) is 32.7 Å². The molecule has 0 aliphatic rings. The van der Waals surface area contributed by atoms with Gasteiger partial charge in [0.05, 0.1) is 5.56 Å². The molecule has 1 aromatic carbocycles. The second-order valence-electron chi connectivity index (χ2n) is 4.10. The van der Waals surface area contributed by atoms with E-state index in [1.54, 1.807) is 12.1 Å². The quantitative estimate of drug-likeness (QED) is 0.830. The first kappa shape index (κ1) is 12.6. The molecular formula is C13H19NO2. The predicted octanol–water partition coefficient (Wildman–Crippen LogP) is 3.01. The van der Waals surface area contributed by atoms with Gasteiger partial charge >= 0.3 is 5.97 Å². The molecule has 3 nitrogen and oxygen atoms in total. The Morgan fingerprint density at radius 2 is 1.94 bits per heavy atom. The van der Waals surface area contributed by atoms with Crippen LogP contribution in [0.3, 0.4) is 0 Å². The lowest BCUT2D eigenvalue weighted by atomic mass is 10.1. The number of carbonyl (C=O) groups is 1. The Morgan fingerprint density at radius 3 is 2.38 bits per heavy atom. The van der Waals surface area contributed by atoms with Crippen LogP contribution in [0.2, 0.25) is 0 Å². The summed E-state index contributed by atoms with van der Waals surface area (Å²) in [6.45, 7) is 4.34. The summed E-state index contributed by atoms with van der Waals surface area (Å²) in [6, 6.07) is 7.48. The highest BCUT2D eigenvalue weighted by Gasteiger charge is 2.09. The van der Waals surface area contributed by atoms with E-state index in [0.29, 0.717) is 11.6 Å². The number of anilines is 1. The van der Waals surface area contributed by atoms with Crippen LogP contribution < -0.4 is 4.90 Å². The van der Waals surface area contributed by atoms with Crippen LogP contribution >= 0.6 is 0 Å². The summed E-state index contributed by atoms with van der Waals surface area (Å²) >= 11 is 0. The van der Waals surface area contributed by atoms with Crippen molar-refractivity contribution in [1.29, 1.82) is 0 Å². The molecule has 1 unspecified atom stereocenters. The number of carboxylic acid groups (broad SMARTS) is 1. The molecule has 0 amide bonds. The molecule has 0 radical (unpaired) electrons. The maximum atomic E-state index is 10.7. The molecule has 0 fully saturated rings. The highest BCUT2D eigenvalue weighted by molar-refractivity contribution is 5.88. The van der Waals surface area contributed by atoms with Crippen LogP contribution in [0.1, 0.15) is 37.0 Å². The van der Waals surface area contributed by atoms with Crippen LogP contribution in [0.15, 0.2) is 24.3 Å². The maximum Gasteiger partial charge on any atom is 0.335 e. The number of benzene rings is 1. The summed E-state index contributed by atoms with van der Waals surface area (Å²) in [5, 5.41) is 8.79. The van der Waals surface area contributed by atoms with E-state index in [4.69, 9.17) is 5.11 Å². The summed E-state index contributed by atoms with van der Waals surface area (Å²) < 4.78 is 0. The molecule has 0 aliphatic carbocycles. The van der Waals surface area contributed by atoms with Crippen LogP contribution in [-0.2, 0) is 0 Å². The van der Waals surface area contributed by atoms with Gasteiger partial charge in [0, 0.05) is 18.8 Å². The van der Waals surface area contributed by atoms with Gasteiger partial charge in [-0.25, -0.2) is 4.79 Å². The zero-order valence-electron chi connectivity index (χ0n) is 10.1. The van der Waals surface area contributed by atoms with Crippen LogP contribution in [0.25, 0.3) is 0 Å². The molecule has 0 heterocycles. The molecule has 1 N–H and O–H groups in total. The first-order valence-corrected chi connectivity index (χ1v) is 5.62. The van der Waals surface area contributed by atoms with Gasteiger partial charge in [-0.05, 0) is 37.6 Å². The van der Waals surface area contributed by atoms with E-state index in [-0.39, 0.29) is 0 Å². The third kappa shape index (κ3) is 2.99. The molecule has 0 spiro atoms. The molecule has 16 heavy (non-hydrogen) atoms. The predicted molar refractivity (Wildman–Crippen MR) is 66.2 cm³/mol. The monoisotopic (exact) mass is 221 g/mol. The topological polar surface area (TPSA) is 40.5 Å². The average molecular weight is 221 g/mol. The van der Waals surface area contributed by atoms with E-state index in [0.717, 1.165) is 18.5 Å². The molecule has 0 saturated heterocycles. The lowest BCUT2D eigenvalue weighted by Gasteiger charge is -2.26. The van der Waals surface area contributed by atoms with Crippen molar-refractivity contribution in [3.63, 3.8) is 0 Å². The van der Waals surface area contributed by atoms with Gasteiger partial charge < -0.3 is 10.0 Å². The molecule has 0 bridgehead atoms. The zero-order valence-corrected chi connectivity index (χ0v) is 10.1. The molecule has 1 atom stereocenters. The molecule has 3 heteroatoms. The number of nitrogens with zero attached hydrogens (tertiary/aromatic N) is 1. The van der Waals surface area contributed by atoms with Crippen molar-refractivity contribution in [2.24, 2.45) is 0 Å². The average Bonchev–Trinajstić information content (AvgIpc) is 2.28. The fourth-order valence-corrected chi connectivity index (χ4v) is 1.71. The van der Waals surface area contributed by atoms with Gasteiger partial charge in [0.15, 0.2) is 0 Å². The second kappa shape index (κ2) is 5.54. The number of carboxylic acids is 1. The zero-order chi connectivity index (χ0) is 12.1. The number of aromatic carboxylic acids is 1. The lowest BCUT2D eigenvalue weighted by Crippen LogP contribution is -2.28. The minimum atomic E-state index is -0.879. The number of hydrogen-bond donors (Lipinski definition) is 1. The summed E-state index contributed by atoms with van der Waals surface area (Å²) in [7, 11) is 2.04. The van der Waals surface area contributed by atoms with Crippen LogP contribution in [0.4, 0.5) is 5.69 Å². The molecule has 1 aromatic rings. The first-order chi connectivity index (χ1) is 7.56. The fraction of sp³-hybridized carbons (Fsp3) is 0.462. The minimum absolute atomic E-state index is 0.334. The molecule has 88 valence electrons. The third-order valence-electron chi connectivity index (χ3n) is 2.89. The summed E-state index contributed by atoms with van der Waals surface area (Å²) in [6.07, 6.45) is 2.29. The number of rotatable bonds is 5. The lowest BCUT2D eigenvalue weighted by molar-refractivity contribution is 0.0697. The summed E-state index contributed by atoms with van der Waals surface area (Å²) in [5.74, 6) is -0.879. The van der Waals surface area contributed by atoms with Crippen molar-refractivity contribution < 1.29 is 9.90 Å². The second-order valence-corrected chi connectivity index (χ2v) is 4.10. The Kier molecular flexibility index (Phi) is 4.35. The third-order valence-corrected chi connectivity index (χ3v) is 2.89. The first-order valence-electron chi connectivity index (χ1n) is 5.62. The van der Waals surface area contributed by atoms with Gasteiger partial charge in [0.2, 0.25) is 0 Å². The number of hydrogen-bond acceptors (Lipinski definition) is 2. The summed E-state index contributed by atoms with van der Waals surface area (Å²) in [4.78, 5) is 12.9. The normalized spacial score (nSPS) is 12.2. The van der Waals surface area contributed by atoms with Crippen molar-refractivity contribution in [3.05, 3.63) is 29.8 Å². The van der Waals surface area contributed by atoms with E-state index in [9.17, 15) is 4.79 Å². The van der Waals surface area contributed by atoms with Gasteiger partial charge in [-0.15, -0.1) is 0 Å². The Morgan fingerprint density at radius 1 is 1.38 bits per heavy atom.